The molecule has 0 N–H and O–H groups in total. The minimum absolute atomic E-state index is 0.207. The zero-order chi connectivity index (χ0) is 10.7. The van der Waals surface area contributed by atoms with E-state index in [-0.39, 0.29) is 30.9 Å². The van der Waals surface area contributed by atoms with Gasteiger partial charge in [0.2, 0.25) is 0 Å². The molecule has 86 valence electrons. The lowest BCUT2D eigenvalue weighted by molar-refractivity contribution is -0.153. The molecular formula is C11H18O4. The number of fused-ring (bicyclic) bond motifs is 1. The van der Waals surface area contributed by atoms with E-state index >= 15 is 0 Å². The molecule has 0 aromatic carbocycles. The van der Waals surface area contributed by atoms with Gasteiger partial charge >= 0.3 is 5.97 Å². The molecule has 4 heteroatoms. The Labute approximate surface area is 89.9 Å². The van der Waals surface area contributed by atoms with Gasteiger partial charge in [-0.25, -0.2) is 0 Å². The third kappa shape index (κ3) is 2.69. The van der Waals surface area contributed by atoms with Gasteiger partial charge in [-0.05, 0) is 19.8 Å². The first-order valence-corrected chi connectivity index (χ1v) is 5.76. The maximum atomic E-state index is 11.2. The molecule has 1 heterocycles. The van der Waals surface area contributed by atoms with E-state index in [0.717, 1.165) is 12.8 Å². The zero-order valence-electron chi connectivity index (χ0n) is 9.11. The summed E-state index contributed by atoms with van der Waals surface area (Å²) in [6.07, 6.45) is 4.79. The molecule has 2 atom stereocenters. The summed E-state index contributed by atoms with van der Waals surface area (Å²) in [4.78, 5) is 11.2. The Morgan fingerprint density at radius 3 is 2.40 bits per heavy atom. The minimum Gasteiger partial charge on any atom is -0.466 e. The summed E-state index contributed by atoms with van der Waals surface area (Å²) < 4.78 is 16.2. The highest BCUT2D eigenvalue weighted by Gasteiger charge is 2.38. The van der Waals surface area contributed by atoms with Crippen molar-refractivity contribution in [3.63, 3.8) is 0 Å². The molecule has 2 fully saturated rings. The molecular weight excluding hydrogens is 196 g/mol. The summed E-state index contributed by atoms with van der Waals surface area (Å²) in [5.74, 6) is -0.235. The first-order valence-electron chi connectivity index (χ1n) is 5.76. The maximum Gasteiger partial charge on any atom is 0.310 e. The predicted octanol–water partition coefficient (Wildman–Crippen LogP) is 1.62. The van der Waals surface area contributed by atoms with Gasteiger partial charge < -0.3 is 14.2 Å². The number of hydrogen-bond acceptors (Lipinski definition) is 4. The second-order valence-corrected chi connectivity index (χ2v) is 4.07. The third-order valence-electron chi connectivity index (χ3n) is 2.93. The molecule has 1 saturated heterocycles. The van der Waals surface area contributed by atoms with Crippen molar-refractivity contribution in [2.75, 3.05) is 6.61 Å². The van der Waals surface area contributed by atoms with Crippen molar-refractivity contribution in [2.24, 2.45) is 0 Å². The summed E-state index contributed by atoms with van der Waals surface area (Å²) in [6.45, 7) is 2.21. The van der Waals surface area contributed by atoms with Crippen molar-refractivity contribution in [3.05, 3.63) is 0 Å². The van der Waals surface area contributed by atoms with Crippen molar-refractivity contribution >= 4 is 5.97 Å². The Balaban J connectivity index is 1.78. The van der Waals surface area contributed by atoms with Gasteiger partial charge in [-0.1, -0.05) is 12.8 Å². The quantitative estimate of drug-likeness (QED) is 0.670. The first kappa shape index (κ1) is 10.9. The van der Waals surface area contributed by atoms with Crippen molar-refractivity contribution in [1.29, 1.82) is 0 Å². The number of hydrogen-bond donors (Lipinski definition) is 0. The van der Waals surface area contributed by atoms with Crippen LogP contribution < -0.4 is 0 Å². The Bertz CT molecular complexity index is 215. The summed E-state index contributed by atoms with van der Waals surface area (Å²) in [5, 5.41) is 0. The van der Waals surface area contributed by atoms with E-state index in [1.54, 1.807) is 6.92 Å². The van der Waals surface area contributed by atoms with Gasteiger partial charge in [0.05, 0.1) is 25.2 Å². The molecule has 1 saturated carbocycles. The number of ether oxygens (including phenoxy) is 3. The second-order valence-electron chi connectivity index (χ2n) is 4.07. The van der Waals surface area contributed by atoms with Crippen molar-refractivity contribution < 1.29 is 19.0 Å². The molecule has 0 aromatic rings. The van der Waals surface area contributed by atoms with E-state index in [2.05, 4.69) is 0 Å². The van der Waals surface area contributed by atoms with Gasteiger partial charge in [0.25, 0.3) is 0 Å². The largest absolute Gasteiger partial charge is 0.466 e. The van der Waals surface area contributed by atoms with E-state index in [9.17, 15) is 4.79 Å². The Hall–Kier alpha value is -0.610. The van der Waals surface area contributed by atoms with Crippen LogP contribution in [-0.4, -0.2) is 31.1 Å². The highest BCUT2D eigenvalue weighted by atomic mass is 16.7. The van der Waals surface area contributed by atoms with E-state index in [4.69, 9.17) is 14.2 Å². The van der Waals surface area contributed by atoms with E-state index in [1.165, 1.54) is 12.8 Å². The maximum absolute atomic E-state index is 11.2. The Morgan fingerprint density at radius 2 is 1.87 bits per heavy atom. The molecule has 0 unspecified atom stereocenters. The van der Waals surface area contributed by atoms with Gasteiger partial charge in [0.15, 0.2) is 6.29 Å². The summed E-state index contributed by atoms with van der Waals surface area (Å²) in [6, 6.07) is 0. The normalized spacial score (nSPS) is 31.3. The van der Waals surface area contributed by atoms with Gasteiger partial charge in [0, 0.05) is 0 Å². The number of rotatable bonds is 3. The lowest BCUT2D eigenvalue weighted by Crippen LogP contribution is -2.25. The minimum atomic E-state index is -0.378. The van der Waals surface area contributed by atoms with Crippen molar-refractivity contribution in [2.45, 2.75) is 57.5 Å². The number of carbonyl (C=O) groups excluding carboxylic acids is 1. The predicted molar refractivity (Wildman–Crippen MR) is 53.3 cm³/mol. The zero-order valence-corrected chi connectivity index (χ0v) is 9.11. The molecule has 1 aliphatic heterocycles. The third-order valence-corrected chi connectivity index (χ3v) is 2.93. The lowest BCUT2D eigenvalue weighted by Gasteiger charge is -2.21. The number of esters is 1. The fourth-order valence-corrected chi connectivity index (χ4v) is 2.25. The molecule has 0 amide bonds. The van der Waals surface area contributed by atoms with Gasteiger partial charge in [-0.15, -0.1) is 0 Å². The van der Waals surface area contributed by atoms with Crippen LogP contribution in [0.1, 0.15) is 39.0 Å². The first-order chi connectivity index (χ1) is 7.29. The van der Waals surface area contributed by atoms with Crippen LogP contribution in [0.3, 0.4) is 0 Å². The second kappa shape index (κ2) is 4.94. The van der Waals surface area contributed by atoms with Crippen LogP contribution in [0.15, 0.2) is 0 Å². The molecule has 2 aliphatic rings. The molecule has 0 bridgehead atoms. The van der Waals surface area contributed by atoms with E-state index < -0.39 is 0 Å². The molecule has 15 heavy (non-hydrogen) atoms. The van der Waals surface area contributed by atoms with Crippen molar-refractivity contribution in [1.82, 2.24) is 0 Å². The lowest BCUT2D eigenvalue weighted by atomic mass is 9.95. The molecule has 0 spiro atoms. The van der Waals surface area contributed by atoms with E-state index in [0.29, 0.717) is 6.61 Å². The summed E-state index contributed by atoms with van der Waals surface area (Å²) >= 11 is 0. The highest BCUT2D eigenvalue weighted by Crippen LogP contribution is 2.32. The molecule has 0 radical (unpaired) electrons. The number of carbonyl (C=O) groups is 1. The summed E-state index contributed by atoms with van der Waals surface area (Å²) in [7, 11) is 0. The molecule has 2 rings (SSSR count). The Morgan fingerprint density at radius 1 is 1.27 bits per heavy atom. The average Bonchev–Trinajstić information content (AvgIpc) is 2.59. The van der Waals surface area contributed by atoms with Crippen LogP contribution in [0.25, 0.3) is 0 Å². The van der Waals surface area contributed by atoms with Crippen LogP contribution in [0.5, 0.6) is 0 Å². The van der Waals surface area contributed by atoms with Crippen LogP contribution in [0.2, 0.25) is 0 Å². The highest BCUT2D eigenvalue weighted by molar-refractivity contribution is 5.69. The smallest absolute Gasteiger partial charge is 0.310 e. The SMILES string of the molecule is CCOC(=O)CC1O[C@@H]2CCCC[C@H]2O1. The topological polar surface area (TPSA) is 44.8 Å². The van der Waals surface area contributed by atoms with Crippen LogP contribution >= 0.6 is 0 Å². The van der Waals surface area contributed by atoms with Crippen LogP contribution in [-0.2, 0) is 19.0 Å². The molecule has 1 aliphatic carbocycles. The van der Waals surface area contributed by atoms with Crippen LogP contribution in [0, 0.1) is 0 Å². The molecule has 4 nitrogen and oxygen atoms in total. The monoisotopic (exact) mass is 214 g/mol. The standard InChI is InChI=1S/C11H18O4/c1-2-13-10(12)7-11-14-8-5-3-4-6-9(8)15-11/h8-9,11H,2-7H2,1H3/t8-,9-/m1/s1. The van der Waals surface area contributed by atoms with Gasteiger partial charge in [-0.2, -0.15) is 0 Å². The fraction of sp³-hybridized carbons (Fsp3) is 0.909. The van der Waals surface area contributed by atoms with Gasteiger partial charge in [-0.3, -0.25) is 4.79 Å². The average molecular weight is 214 g/mol. The fourth-order valence-electron chi connectivity index (χ4n) is 2.25. The summed E-state index contributed by atoms with van der Waals surface area (Å²) in [5.41, 5.74) is 0. The van der Waals surface area contributed by atoms with Crippen LogP contribution in [0.4, 0.5) is 0 Å². The van der Waals surface area contributed by atoms with Gasteiger partial charge in [0.1, 0.15) is 0 Å². The molecule has 0 aromatic heterocycles. The van der Waals surface area contributed by atoms with E-state index in [1.807, 2.05) is 0 Å². The Kier molecular flexibility index (Phi) is 3.59. The van der Waals surface area contributed by atoms with Crippen molar-refractivity contribution in [3.8, 4) is 0 Å².